The van der Waals surface area contributed by atoms with Gasteiger partial charge in [-0.05, 0) is 31.1 Å². The van der Waals surface area contributed by atoms with Gasteiger partial charge in [0, 0.05) is 7.62 Å². The lowest BCUT2D eigenvalue weighted by molar-refractivity contribution is 1.16. The van der Waals surface area contributed by atoms with Gasteiger partial charge in [-0.2, -0.15) is 0 Å². The van der Waals surface area contributed by atoms with Gasteiger partial charge in [0.1, 0.15) is 0 Å². The van der Waals surface area contributed by atoms with E-state index in [4.69, 9.17) is 0 Å². The maximum Gasteiger partial charge on any atom is 0.0664 e. The quantitative estimate of drug-likeness (QED) is 0.529. The maximum absolute atomic E-state index is 4.23. The molecule has 0 unspecified atom stereocenters. The first-order valence-corrected chi connectivity index (χ1v) is 3.47. The van der Waals surface area contributed by atoms with Gasteiger partial charge in [-0.3, -0.25) is 4.98 Å². The van der Waals surface area contributed by atoms with E-state index < -0.39 is 0 Å². The van der Waals surface area contributed by atoms with Crippen LogP contribution in [0.15, 0.2) is 23.9 Å². The minimum Gasteiger partial charge on any atom is -0.257 e. The van der Waals surface area contributed by atoms with Crippen molar-refractivity contribution in [2.24, 2.45) is 0 Å². The highest BCUT2D eigenvalue weighted by molar-refractivity contribution is 5.59. The number of aromatic nitrogens is 1. The molecule has 1 heterocycles. The third kappa shape index (κ3) is 0.747. The normalized spacial score (nSPS) is 14.7. The lowest BCUT2D eigenvalue weighted by Gasteiger charge is -1.93. The number of pyridine rings is 1. The van der Waals surface area contributed by atoms with Crippen molar-refractivity contribution >= 4 is 6.08 Å². The summed E-state index contributed by atoms with van der Waals surface area (Å²) in [5.41, 5.74) is 3.92. The highest BCUT2D eigenvalue weighted by Crippen LogP contribution is 2.21. The Kier molecular flexibility index (Phi) is 1.10. The average Bonchev–Trinajstić information content (AvgIpc) is 2.27. The van der Waals surface area contributed by atoms with Crippen molar-refractivity contribution in [3.63, 3.8) is 0 Å². The standard InChI is InChI=1S/C9H9N.H2/c1-7-5-8-3-2-4-10-9(8)6-7;/h2-4,6H,5H2,1H3;1H. The Hall–Kier alpha value is -1.11. The topological polar surface area (TPSA) is 12.9 Å². The summed E-state index contributed by atoms with van der Waals surface area (Å²) in [6.07, 6.45) is 5.08. The fraction of sp³-hybridized carbons (Fsp3) is 0.222. The lowest BCUT2D eigenvalue weighted by atomic mass is 10.2. The molecule has 0 radical (unpaired) electrons. The first kappa shape index (κ1) is 5.66. The van der Waals surface area contributed by atoms with Gasteiger partial charge >= 0.3 is 0 Å². The van der Waals surface area contributed by atoms with Gasteiger partial charge < -0.3 is 0 Å². The summed E-state index contributed by atoms with van der Waals surface area (Å²) in [4.78, 5) is 4.23. The molecule has 1 aliphatic carbocycles. The Bertz CT molecular complexity index is 291. The predicted octanol–water partition coefficient (Wildman–Crippen LogP) is 2.29. The molecule has 0 spiro atoms. The minimum atomic E-state index is 0. The van der Waals surface area contributed by atoms with Crippen molar-refractivity contribution in [2.45, 2.75) is 13.3 Å². The molecule has 52 valence electrons. The Morgan fingerprint density at radius 3 is 3.30 bits per heavy atom. The van der Waals surface area contributed by atoms with Crippen molar-refractivity contribution in [3.05, 3.63) is 35.2 Å². The molecule has 1 aromatic rings. The van der Waals surface area contributed by atoms with Crippen molar-refractivity contribution < 1.29 is 1.43 Å². The van der Waals surface area contributed by atoms with Gasteiger partial charge in [0.15, 0.2) is 0 Å². The van der Waals surface area contributed by atoms with E-state index in [1.165, 1.54) is 11.1 Å². The van der Waals surface area contributed by atoms with Crippen molar-refractivity contribution in [1.29, 1.82) is 0 Å². The number of nitrogens with zero attached hydrogens (tertiary/aromatic N) is 1. The molecular weight excluding hydrogens is 122 g/mol. The molecule has 0 aromatic carbocycles. The second kappa shape index (κ2) is 1.94. The Labute approximate surface area is 61.9 Å². The number of allylic oxidation sites excluding steroid dienone is 1. The van der Waals surface area contributed by atoms with Gasteiger partial charge in [-0.25, -0.2) is 0 Å². The minimum absolute atomic E-state index is 0. The summed E-state index contributed by atoms with van der Waals surface area (Å²) in [5, 5.41) is 0. The van der Waals surface area contributed by atoms with Gasteiger partial charge in [0.25, 0.3) is 0 Å². The summed E-state index contributed by atoms with van der Waals surface area (Å²) in [6, 6.07) is 4.13. The van der Waals surface area contributed by atoms with Gasteiger partial charge in [0.05, 0.1) is 5.69 Å². The smallest absolute Gasteiger partial charge is 0.0664 e. The molecule has 1 aromatic heterocycles. The molecule has 2 rings (SSSR count). The fourth-order valence-corrected chi connectivity index (χ4v) is 1.32. The van der Waals surface area contributed by atoms with E-state index in [9.17, 15) is 0 Å². The van der Waals surface area contributed by atoms with E-state index in [2.05, 4.69) is 24.1 Å². The lowest BCUT2D eigenvalue weighted by Crippen LogP contribution is -1.83. The Morgan fingerprint density at radius 1 is 1.60 bits per heavy atom. The van der Waals surface area contributed by atoms with Crippen LogP contribution in [0.25, 0.3) is 6.08 Å². The zero-order valence-corrected chi connectivity index (χ0v) is 5.96. The fourth-order valence-electron chi connectivity index (χ4n) is 1.32. The van der Waals surface area contributed by atoms with Crippen LogP contribution >= 0.6 is 0 Å². The maximum atomic E-state index is 4.23. The van der Waals surface area contributed by atoms with Crippen LogP contribution in [-0.2, 0) is 6.42 Å². The summed E-state index contributed by atoms with van der Waals surface area (Å²) < 4.78 is 0. The molecular formula is C9H11N. The van der Waals surface area contributed by atoms with Crippen LogP contribution in [0, 0.1) is 0 Å². The van der Waals surface area contributed by atoms with E-state index in [1.54, 1.807) is 0 Å². The molecule has 0 aliphatic heterocycles. The Balaban J connectivity index is 0.000000605. The molecule has 10 heavy (non-hydrogen) atoms. The molecule has 0 saturated heterocycles. The molecule has 0 fully saturated rings. The van der Waals surface area contributed by atoms with Gasteiger partial charge in [-0.15, -0.1) is 0 Å². The van der Waals surface area contributed by atoms with Gasteiger partial charge in [0.2, 0.25) is 0 Å². The largest absolute Gasteiger partial charge is 0.257 e. The number of fused-ring (bicyclic) bond motifs is 1. The van der Waals surface area contributed by atoms with E-state index in [0.717, 1.165) is 12.1 Å². The van der Waals surface area contributed by atoms with Crippen LogP contribution in [-0.4, -0.2) is 4.98 Å². The summed E-state index contributed by atoms with van der Waals surface area (Å²) in [6.45, 7) is 2.14. The average molecular weight is 133 g/mol. The van der Waals surface area contributed by atoms with Crippen molar-refractivity contribution in [2.75, 3.05) is 0 Å². The van der Waals surface area contributed by atoms with Crippen molar-refractivity contribution in [3.8, 4) is 0 Å². The van der Waals surface area contributed by atoms with Crippen molar-refractivity contribution in [1.82, 2.24) is 4.98 Å². The molecule has 1 heteroatoms. The summed E-state index contributed by atoms with van der Waals surface area (Å²) in [5.74, 6) is 0. The molecule has 0 atom stereocenters. The van der Waals surface area contributed by atoms with Crippen LogP contribution in [0.5, 0.6) is 0 Å². The van der Waals surface area contributed by atoms with E-state index in [-0.39, 0.29) is 1.43 Å². The van der Waals surface area contributed by atoms with Crippen LogP contribution in [0.4, 0.5) is 0 Å². The molecule has 0 saturated carbocycles. The first-order valence-electron chi connectivity index (χ1n) is 3.47. The third-order valence-electron chi connectivity index (χ3n) is 1.78. The molecule has 1 aliphatic rings. The summed E-state index contributed by atoms with van der Waals surface area (Å²) in [7, 11) is 0. The van der Waals surface area contributed by atoms with Crippen LogP contribution in [0.2, 0.25) is 0 Å². The number of hydrogen-bond acceptors (Lipinski definition) is 1. The monoisotopic (exact) mass is 133 g/mol. The number of rotatable bonds is 0. The van der Waals surface area contributed by atoms with Crippen LogP contribution in [0.1, 0.15) is 19.6 Å². The molecule has 1 nitrogen and oxygen atoms in total. The summed E-state index contributed by atoms with van der Waals surface area (Å²) >= 11 is 0. The SMILES string of the molecule is CC1=Cc2ncccc2C1.[HH]. The van der Waals surface area contributed by atoms with Crippen LogP contribution < -0.4 is 0 Å². The molecule has 0 bridgehead atoms. The molecule has 0 amide bonds. The zero-order chi connectivity index (χ0) is 6.97. The molecule has 0 N–H and O–H groups in total. The van der Waals surface area contributed by atoms with E-state index in [1.807, 2.05) is 12.3 Å². The zero-order valence-electron chi connectivity index (χ0n) is 5.96. The second-order valence-electron chi connectivity index (χ2n) is 2.72. The van der Waals surface area contributed by atoms with E-state index in [0.29, 0.717) is 0 Å². The highest BCUT2D eigenvalue weighted by atomic mass is 14.7. The van der Waals surface area contributed by atoms with E-state index >= 15 is 0 Å². The Morgan fingerprint density at radius 2 is 2.50 bits per heavy atom. The van der Waals surface area contributed by atoms with Gasteiger partial charge in [-0.1, -0.05) is 11.6 Å². The second-order valence-corrected chi connectivity index (χ2v) is 2.72. The predicted molar refractivity (Wildman–Crippen MR) is 43.7 cm³/mol. The first-order chi connectivity index (χ1) is 4.86. The highest BCUT2D eigenvalue weighted by Gasteiger charge is 2.07. The number of hydrogen-bond donors (Lipinski definition) is 0. The van der Waals surface area contributed by atoms with Crippen LogP contribution in [0.3, 0.4) is 0 Å². The third-order valence-corrected chi connectivity index (χ3v) is 1.78.